The smallest absolute Gasteiger partial charge is 0.170 e. The van der Waals surface area contributed by atoms with Crippen molar-refractivity contribution in [2.45, 2.75) is 16.2 Å². The van der Waals surface area contributed by atoms with Crippen molar-refractivity contribution in [3.63, 3.8) is 0 Å². The second kappa shape index (κ2) is 10.00. The molecule has 0 bridgehead atoms. The third kappa shape index (κ3) is 6.01. The number of rotatable bonds is 7. The number of hydrogen-bond donors (Lipinski definition) is 2. The number of ether oxygens (including phenoxy) is 1. The van der Waals surface area contributed by atoms with Crippen molar-refractivity contribution in [1.29, 1.82) is 0 Å². The number of hydrogen-bond acceptors (Lipinski definition) is 3. The molecule has 0 amide bonds. The summed E-state index contributed by atoms with van der Waals surface area (Å²) in [5.74, 6) is 0.872. The minimum Gasteiger partial charge on any atom is -0.497 e. The molecule has 27 heavy (non-hydrogen) atoms. The maximum atomic E-state index is 5.46. The van der Waals surface area contributed by atoms with Crippen LogP contribution < -0.4 is 15.4 Å². The Morgan fingerprint density at radius 2 is 1.63 bits per heavy atom. The Labute approximate surface area is 170 Å². The Balaban J connectivity index is 1.53. The van der Waals surface area contributed by atoms with Gasteiger partial charge in [0.2, 0.25) is 0 Å². The molecular formula is C22H22N2OS2. The van der Waals surface area contributed by atoms with Crippen LogP contribution in [-0.4, -0.2) is 18.8 Å². The average molecular weight is 395 g/mol. The number of benzene rings is 3. The average Bonchev–Trinajstić information content (AvgIpc) is 2.71. The lowest BCUT2D eigenvalue weighted by Crippen LogP contribution is -2.30. The highest BCUT2D eigenvalue weighted by Gasteiger charge is 2.05. The second-order valence-electron chi connectivity index (χ2n) is 5.89. The van der Waals surface area contributed by atoms with Crippen molar-refractivity contribution in [1.82, 2.24) is 5.32 Å². The van der Waals surface area contributed by atoms with Crippen molar-refractivity contribution in [2.75, 3.05) is 19.0 Å². The number of anilines is 1. The van der Waals surface area contributed by atoms with Crippen LogP contribution >= 0.6 is 24.0 Å². The number of nitrogens with one attached hydrogen (secondary N) is 2. The first-order valence-corrected chi connectivity index (χ1v) is 9.97. The van der Waals surface area contributed by atoms with Gasteiger partial charge in [-0.15, -0.1) is 0 Å². The quantitative estimate of drug-likeness (QED) is 0.526. The fourth-order valence-electron chi connectivity index (χ4n) is 2.55. The van der Waals surface area contributed by atoms with E-state index in [0.717, 1.165) is 29.3 Å². The Bertz CT molecular complexity index is 867. The third-order valence-corrected chi connectivity index (χ3v) is 5.29. The van der Waals surface area contributed by atoms with E-state index in [4.69, 9.17) is 17.0 Å². The van der Waals surface area contributed by atoms with Crippen LogP contribution in [0.1, 0.15) is 5.56 Å². The van der Waals surface area contributed by atoms with Crippen LogP contribution in [0.4, 0.5) is 5.69 Å². The summed E-state index contributed by atoms with van der Waals surface area (Å²) in [6, 6.07) is 26.6. The predicted octanol–water partition coefficient (Wildman–Crippen LogP) is 5.38. The van der Waals surface area contributed by atoms with E-state index in [1.165, 1.54) is 10.5 Å². The van der Waals surface area contributed by atoms with E-state index in [2.05, 4.69) is 41.0 Å². The number of para-hydroxylation sites is 1. The van der Waals surface area contributed by atoms with E-state index in [1.54, 1.807) is 18.9 Å². The molecule has 0 saturated carbocycles. The van der Waals surface area contributed by atoms with Gasteiger partial charge in [-0.3, -0.25) is 0 Å². The van der Waals surface area contributed by atoms with Crippen LogP contribution in [-0.2, 0) is 6.42 Å². The molecule has 5 heteroatoms. The lowest BCUT2D eigenvalue weighted by atomic mass is 10.1. The van der Waals surface area contributed by atoms with Crippen molar-refractivity contribution in [2.24, 2.45) is 0 Å². The van der Waals surface area contributed by atoms with Crippen LogP contribution in [0.2, 0.25) is 0 Å². The topological polar surface area (TPSA) is 33.3 Å². The Kier molecular flexibility index (Phi) is 7.13. The highest BCUT2D eigenvalue weighted by molar-refractivity contribution is 7.99. The summed E-state index contributed by atoms with van der Waals surface area (Å²) in [7, 11) is 1.68. The first-order chi connectivity index (χ1) is 13.2. The maximum absolute atomic E-state index is 5.46. The highest BCUT2D eigenvalue weighted by Crippen LogP contribution is 2.33. The summed E-state index contributed by atoms with van der Waals surface area (Å²) in [6.07, 6.45) is 0.895. The number of thiocarbonyl (C=S) groups is 1. The molecule has 3 nitrogen and oxygen atoms in total. The standard InChI is InChI=1S/C22H22N2OS2/c1-25-18-13-11-17(12-14-18)15-16-23-22(26)24-20-9-5-6-10-21(20)27-19-7-3-2-4-8-19/h2-14H,15-16H2,1H3,(H2,23,24,26). The molecule has 3 aromatic rings. The first kappa shape index (κ1) is 19.3. The van der Waals surface area contributed by atoms with Gasteiger partial charge in [-0.25, -0.2) is 0 Å². The Morgan fingerprint density at radius 1 is 0.926 bits per heavy atom. The van der Waals surface area contributed by atoms with Gasteiger partial charge < -0.3 is 15.4 Å². The van der Waals surface area contributed by atoms with Crippen LogP contribution in [0, 0.1) is 0 Å². The molecule has 0 heterocycles. The summed E-state index contributed by atoms with van der Waals surface area (Å²) in [5.41, 5.74) is 2.25. The van der Waals surface area contributed by atoms with E-state index in [0.29, 0.717) is 5.11 Å². The summed E-state index contributed by atoms with van der Waals surface area (Å²) in [4.78, 5) is 2.34. The van der Waals surface area contributed by atoms with Gasteiger partial charge in [0.1, 0.15) is 5.75 Å². The highest BCUT2D eigenvalue weighted by atomic mass is 32.2. The second-order valence-corrected chi connectivity index (χ2v) is 7.41. The van der Waals surface area contributed by atoms with Crippen LogP contribution in [0.3, 0.4) is 0 Å². The lowest BCUT2D eigenvalue weighted by molar-refractivity contribution is 0.414. The molecular weight excluding hydrogens is 372 g/mol. The van der Waals surface area contributed by atoms with Gasteiger partial charge in [0, 0.05) is 16.3 Å². The summed E-state index contributed by atoms with van der Waals surface area (Å²) in [6.45, 7) is 0.770. The van der Waals surface area contributed by atoms with E-state index >= 15 is 0 Å². The predicted molar refractivity (Wildman–Crippen MR) is 118 cm³/mol. The molecule has 2 N–H and O–H groups in total. The fraction of sp³-hybridized carbons (Fsp3) is 0.136. The summed E-state index contributed by atoms with van der Waals surface area (Å²) >= 11 is 7.18. The zero-order valence-electron chi connectivity index (χ0n) is 15.1. The van der Waals surface area contributed by atoms with E-state index in [9.17, 15) is 0 Å². The van der Waals surface area contributed by atoms with Crippen molar-refractivity contribution in [3.8, 4) is 5.75 Å². The minimum atomic E-state index is 0.629. The first-order valence-electron chi connectivity index (χ1n) is 8.74. The minimum absolute atomic E-state index is 0.629. The van der Waals surface area contributed by atoms with Crippen LogP contribution in [0.25, 0.3) is 0 Å². The molecule has 0 fully saturated rings. The van der Waals surface area contributed by atoms with Gasteiger partial charge in [0.25, 0.3) is 0 Å². The molecule has 0 aromatic heterocycles. The fourth-order valence-corrected chi connectivity index (χ4v) is 3.69. The molecule has 0 radical (unpaired) electrons. The van der Waals surface area contributed by atoms with Gasteiger partial charge in [-0.2, -0.15) is 0 Å². The van der Waals surface area contributed by atoms with Crippen LogP contribution in [0.5, 0.6) is 5.75 Å². The molecule has 0 aliphatic heterocycles. The summed E-state index contributed by atoms with van der Waals surface area (Å²) < 4.78 is 5.18. The zero-order chi connectivity index (χ0) is 18.9. The molecule has 3 rings (SSSR count). The molecule has 0 spiro atoms. The lowest BCUT2D eigenvalue weighted by Gasteiger charge is -2.14. The molecule has 0 atom stereocenters. The van der Waals surface area contributed by atoms with Gasteiger partial charge in [-0.1, -0.05) is 54.2 Å². The third-order valence-electron chi connectivity index (χ3n) is 3.96. The normalized spacial score (nSPS) is 10.3. The monoisotopic (exact) mass is 394 g/mol. The van der Waals surface area contributed by atoms with Gasteiger partial charge in [0.15, 0.2) is 5.11 Å². The molecule has 3 aromatic carbocycles. The SMILES string of the molecule is COc1ccc(CCNC(=S)Nc2ccccc2Sc2ccccc2)cc1. The molecule has 0 saturated heterocycles. The molecule has 0 aliphatic carbocycles. The van der Waals surface area contributed by atoms with Crippen molar-refractivity contribution < 1.29 is 4.74 Å². The summed E-state index contributed by atoms with van der Waals surface area (Å²) in [5, 5.41) is 7.22. The Hall–Kier alpha value is -2.50. The van der Waals surface area contributed by atoms with Gasteiger partial charge >= 0.3 is 0 Å². The number of methoxy groups -OCH3 is 1. The van der Waals surface area contributed by atoms with Crippen molar-refractivity contribution in [3.05, 3.63) is 84.4 Å². The van der Waals surface area contributed by atoms with Crippen LogP contribution in [0.15, 0.2) is 88.7 Å². The van der Waals surface area contributed by atoms with E-state index in [-0.39, 0.29) is 0 Å². The molecule has 138 valence electrons. The maximum Gasteiger partial charge on any atom is 0.170 e. The zero-order valence-corrected chi connectivity index (χ0v) is 16.8. The Morgan fingerprint density at radius 3 is 2.37 bits per heavy atom. The van der Waals surface area contributed by atoms with E-state index < -0.39 is 0 Å². The van der Waals surface area contributed by atoms with Crippen molar-refractivity contribution >= 4 is 34.8 Å². The van der Waals surface area contributed by atoms with E-state index in [1.807, 2.05) is 48.5 Å². The van der Waals surface area contributed by atoms with Gasteiger partial charge in [-0.05, 0) is 60.6 Å². The largest absolute Gasteiger partial charge is 0.497 e. The molecule has 0 unspecified atom stereocenters. The van der Waals surface area contributed by atoms with Gasteiger partial charge in [0.05, 0.1) is 12.8 Å². The molecule has 0 aliphatic rings.